The zero-order chi connectivity index (χ0) is 41.7. The van der Waals surface area contributed by atoms with Crippen molar-refractivity contribution < 1.29 is 35.1 Å². The van der Waals surface area contributed by atoms with Gasteiger partial charge in [0, 0.05) is 0 Å². The van der Waals surface area contributed by atoms with E-state index in [-0.39, 0.29) is 11.6 Å². The summed E-state index contributed by atoms with van der Waals surface area (Å²) < 4.78 is 105. The maximum absolute atomic E-state index is 14.4. The van der Waals surface area contributed by atoms with Crippen LogP contribution in [0.15, 0.2) is 133 Å². The molecule has 0 aliphatic carbocycles. The molecule has 0 nitrogen and oxygen atoms in total. The van der Waals surface area contributed by atoms with Crippen molar-refractivity contribution in [3.05, 3.63) is 190 Å². The van der Waals surface area contributed by atoms with Crippen LogP contribution in [0.25, 0.3) is 22.3 Å². The van der Waals surface area contributed by atoms with Crippen LogP contribution in [0.4, 0.5) is 35.1 Å². The highest BCUT2D eigenvalue weighted by Gasteiger charge is 2.30. The van der Waals surface area contributed by atoms with Crippen molar-refractivity contribution in [3.63, 3.8) is 0 Å². The number of hydrogen-bond acceptors (Lipinski definition) is 0. The van der Waals surface area contributed by atoms with Gasteiger partial charge in [-0.05, 0) is 137 Å². The van der Waals surface area contributed by atoms with E-state index in [0.29, 0.717) is 36.8 Å². The van der Waals surface area contributed by atoms with Gasteiger partial charge in [-0.2, -0.15) is 26.3 Å². The second-order valence-corrected chi connectivity index (χ2v) is 14.6. The lowest BCUT2D eigenvalue weighted by atomic mass is 9.98. The summed E-state index contributed by atoms with van der Waals surface area (Å²) in [4.78, 5) is 0. The zero-order valence-corrected chi connectivity index (χ0v) is 32.8. The van der Waals surface area contributed by atoms with Crippen molar-refractivity contribution in [2.24, 2.45) is 0 Å². The lowest BCUT2D eigenvalue weighted by molar-refractivity contribution is -0.138. The van der Waals surface area contributed by atoms with Gasteiger partial charge in [0.2, 0.25) is 0 Å². The summed E-state index contributed by atoms with van der Waals surface area (Å²) in [6, 6.07) is 36.6. The molecule has 58 heavy (non-hydrogen) atoms. The molecule has 0 N–H and O–H groups in total. The largest absolute Gasteiger partial charge is 0.416 e. The molecular formula is C50H48F8. The topological polar surface area (TPSA) is 0 Å². The van der Waals surface area contributed by atoms with E-state index in [1.807, 2.05) is 72.8 Å². The van der Waals surface area contributed by atoms with Gasteiger partial charge in [0.1, 0.15) is 11.6 Å². The lowest BCUT2D eigenvalue weighted by Crippen LogP contribution is -2.03. The van der Waals surface area contributed by atoms with Gasteiger partial charge in [-0.25, -0.2) is 8.78 Å². The number of halogens is 8. The summed E-state index contributed by atoms with van der Waals surface area (Å²) in [5.41, 5.74) is 7.48. The Morgan fingerprint density at radius 1 is 0.345 bits per heavy atom. The molecule has 8 heteroatoms. The number of aryl methyl sites for hydroxylation is 6. The predicted molar refractivity (Wildman–Crippen MR) is 219 cm³/mol. The molecule has 0 unspecified atom stereocenters. The molecule has 6 aromatic carbocycles. The Labute approximate surface area is 336 Å². The summed E-state index contributed by atoms with van der Waals surface area (Å²) in [6.45, 7) is 4.22. The number of rotatable bonds is 14. The Balaban J connectivity index is 0.000000221. The molecule has 304 valence electrons. The van der Waals surface area contributed by atoms with Gasteiger partial charge >= 0.3 is 12.4 Å². The standard InChI is InChI=1S/C26H26F4.C24H22F4/c1-2-3-4-5-20-9-13-23(25(27)18-20)12-8-19-6-10-21(11-7-19)22-14-16-24(17-15-22)26(28,29)30;1-2-3-18-7-11-21(23(25)16-18)10-6-17-4-8-19(9-5-17)20-12-14-22(15-13-20)24(26,27)28/h6-7,9-11,13-18H,2-5,8,12H2,1H3;4-5,7-9,11-16H,2-3,6,10H2,1H3. The summed E-state index contributed by atoms with van der Waals surface area (Å²) >= 11 is 0. The Kier molecular flexibility index (Phi) is 15.5. The third-order valence-electron chi connectivity index (χ3n) is 10.2. The van der Waals surface area contributed by atoms with Crippen molar-refractivity contribution >= 4 is 0 Å². The van der Waals surface area contributed by atoms with Gasteiger partial charge in [0.05, 0.1) is 11.1 Å². The minimum atomic E-state index is -4.33. The summed E-state index contributed by atoms with van der Waals surface area (Å²) in [6.07, 6.45) is 0.154. The third-order valence-corrected chi connectivity index (χ3v) is 10.2. The van der Waals surface area contributed by atoms with Crippen LogP contribution in [0, 0.1) is 11.6 Å². The van der Waals surface area contributed by atoms with E-state index in [9.17, 15) is 35.1 Å². The van der Waals surface area contributed by atoms with Gasteiger partial charge in [-0.15, -0.1) is 0 Å². The second-order valence-electron chi connectivity index (χ2n) is 14.6. The molecule has 0 saturated heterocycles. The van der Waals surface area contributed by atoms with E-state index < -0.39 is 23.5 Å². The van der Waals surface area contributed by atoms with Crippen molar-refractivity contribution in [2.75, 3.05) is 0 Å². The first-order valence-electron chi connectivity index (χ1n) is 19.8. The minimum Gasteiger partial charge on any atom is -0.207 e. The molecule has 0 heterocycles. The van der Waals surface area contributed by atoms with Gasteiger partial charge < -0.3 is 0 Å². The first-order valence-corrected chi connectivity index (χ1v) is 19.8. The van der Waals surface area contributed by atoms with E-state index in [2.05, 4.69) is 13.8 Å². The summed E-state index contributed by atoms with van der Waals surface area (Å²) in [7, 11) is 0. The molecular weight excluding hydrogens is 753 g/mol. The van der Waals surface area contributed by atoms with Crippen LogP contribution in [0.5, 0.6) is 0 Å². The smallest absolute Gasteiger partial charge is 0.207 e. The first-order chi connectivity index (χ1) is 27.7. The first kappa shape index (κ1) is 43.9. The van der Waals surface area contributed by atoms with Crippen LogP contribution in [0.2, 0.25) is 0 Å². The highest BCUT2D eigenvalue weighted by Crippen LogP contribution is 2.32. The van der Waals surface area contributed by atoms with Crippen molar-refractivity contribution in [1.29, 1.82) is 0 Å². The monoisotopic (exact) mass is 800 g/mol. The van der Waals surface area contributed by atoms with Crippen LogP contribution in [0.3, 0.4) is 0 Å². The predicted octanol–water partition coefficient (Wildman–Crippen LogP) is 15.3. The highest BCUT2D eigenvalue weighted by atomic mass is 19.4. The average molecular weight is 801 g/mol. The molecule has 0 spiro atoms. The third kappa shape index (κ3) is 12.9. The number of hydrogen-bond donors (Lipinski definition) is 0. The SMILES string of the molecule is CCCCCc1ccc(CCc2ccc(-c3ccc(C(F)(F)F)cc3)cc2)c(F)c1.CCCc1ccc(CCc2ccc(-c3ccc(C(F)(F)F)cc3)cc2)c(F)c1. The molecule has 0 amide bonds. The normalized spacial score (nSPS) is 11.6. The van der Waals surface area contributed by atoms with Gasteiger partial charge in [-0.1, -0.05) is 130 Å². The van der Waals surface area contributed by atoms with Gasteiger partial charge in [0.25, 0.3) is 0 Å². The van der Waals surface area contributed by atoms with Crippen LogP contribution >= 0.6 is 0 Å². The maximum atomic E-state index is 14.4. The van der Waals surface area contributed by atoms with E-state index in [4.69, 9.17) is 0 Å². The van der Waals surface area contributed by atoms with Crippen LogP contribution < -0.4 is 0 Å². The molecule has 0 fully saturated rings. The Hall–Kier alpha value is -5.24. The van der Waals surface area contributed by atoms with E-state index in [0.717, 1.165) is 107 Å². The molecule has 0 radical (unpaired) electrons. The Bertz CT molecular complexity index is 2160. The van der Waals surface area contributed by atoms with Crippen LogP contribution in [-0.2, 0) is 50.9 Å². The molecule has 0 aromatic heterocycles. The zero-order valence-electron chi connectivity index (χ0n) is 32.8. The van der Waals surface area contributed by atoms with E-state index >= 15 is 0 Å². The Morgan fingerprint density at radius 2 is 0.690 bits per heavy atom. The van der Waals surface area contributed by atoms with Crippen molar-refractivity contribution in [3.8, 4) is 22.3 Å². The summed E-state index contributed by atoms with van der Waals surface area (Å²) in [5, 5.41) is 0. The Morgan fingerprint density at radius 3 is 1.02 bits per heavy atom. The summed E-state index contributed by atoms with van der Waals surface area (Å²) in [5.74, 6) is -0.308. The molecule has 6 rings (SSSR count). The molecule has 0 atom stereocenters. The highest BCUT2D eigenvalue weighted by molar-refractivity contribution is 5.65. The molecule has 0 bridgehead atoms. The van der Waals surface area contributed by atoms with E-state index in [1.54, 1.807) is 12.1 Å². The fourth-order valence-electron chi connectivity index (χ4n) is 6.75. The average Bonchev–Trinajstić information content (AvgIpc) is 3.21. The van der Waals surface area contributed by atoms with E-state index in [1.165, 1.54) is 24.3 Å². The quantitative estimate of drug-likeness (QED) is 0.0760. The van der Waals surface area contributed by atoms with Crippen molar-refractivity contribution in [2.45, 2.75) is 90.4 Å². The molecule has 0 aliphatic rings. The molecule has 6 aromatic rings. The maximum Gasteiger partial charge on any atom is 0.416 e. The number of unbranched alkanes of at least 4 members (excludes halogenated alkanes) is 2. The van der Waals surface area contributed by atoms with Gasteiger partial charge in [0.15, 0.2) is 0 Å². The van der Waals surface area contributed by atoms with Crippen LogP contribution in [0.1, 0.15) is 84.0 Å². The second kappa shape index (κ2) is 20.4. The fraction of sp³-hybridized carbons (Fsp3) is 0.280. The van der Waals surface area contributed by atoms with Gasteiger partial charge in [-0.3, -0.25) is 0 Å². The number of benzene rings is 6. The molecule has 0 saturated carbocycles. The minimum absolute atomic E-state index is 0.148. The fourth-order valence-corrected chi connectivity index (χ4v) is 6.75. The van der Waals surface area contributed by atoms with Crippen molar-refractivity contribution in [1.82, 2.24) is 0 Å². The molecule has 0 aliphatic heterocycles. The lowest BCUT2D eigenvalue weighted by Gasteiger charge is -2.09. The van der Waals surface area contributed by atoms with Crippen LogP contribution in [-0.4, -0.2) is 0 Å². The number of alkyl halides is 6.